The predicted molar refractivity (Wildman–Crippen MR) is 97.3 cm³/mol. The van der Waals surface area contributed by atoms with Crippen LogP contribution < -0.4 is 15.0 Å². The molecular weight excluding hydrogens is 316 g/mol. The zero-order chi connectivity index (χ0) is 17.6. The first-order chi connectivity index (χ1) is 12.1. The van der Waals surface area contributed by atoms with Crippen LogP contribution in [0.2, 0.25) is 0 Å². The van der Waals surface area contributed by atoms with Gasteiger partial charge in [0.15, 0.2) is 0 Å². The van der Waals surface area contributed by atoms with Crippen LogP contribution in [0.15, 0.2) is 67.1 Å². The minimum absolute atomic E-state index is 0.179. The van der Waals surface area contributed by atoms with Crippen LogP contribution in [0.4, 0.5) is 11.4 Å². The van der Waals surface area contributed by atoms with Gasteiger partial charge in [-0.25, -0.2) is 4.98 Å². The van der Waals surface area contributed by atoms with Crippen LogP contribution in [0.25, 0.3) is 0 Å². The standard InChI is InChI=1S/C19H18N4O2/c1-23(2)16-8-6-14(7-9-16)19(24)22-15-4-3-5-17(12-15)25-18-13-20-10-11-21-18/h3-13H,1-2H3,(H,22,24). The van der Waals surface area contributed by atoms with Crippen LogP contribution >= 0.6 is 0 Å². The summed E-state index contributed by atoms with van der Waals surface area (Å²) in [5.74, 6) is 0.786. The summed E-state index contributed by atoms with van der Waals surface area (Å²) in [6.07, 6.45) is 4.65. The maximum absolute atomic E-state index is 12.4. The molecule has 1 amide bonds. The third-order valence-electron chi connectivity index (χ3n) is 3.50. The maximum Gasteiger partial charge on any atom is 0.255 e. The van der Waals surface area contributed by atoms with E-state index in [1.807, 2.05) is 31.1 Å². The van der Waals surface area contributed by atoms with Gasteiger partial charge < -0.3 is 15.0 Å². The van der Waals surface area contributed by atoms with Gasteiger partial charge in [0.05, 0.1) is 6.20 Å². The van der Waals surface area contributed by atoms with Crippen molar-refractivity contribution in [3.63, 3.8) is 0 Å². The average Bonchev–Trinajstić information content (AvgIpc) is 2.63. The Bertz CT molecular complexity index is 849. The fourth-order valence-corrected chi connectivity index (χ4v) is 2.21. The first-order valence-corrected chi connectivity index (χ1v) is 7.74. The molecule has 126 valence electrons. The van der Waals surface area contributed by atoms with Gasteiger partial charge in [0.25, 0.3) is 5.91 Å². The third kappa shape index (κ3) is 4.32. The van der Waals surface area contributed by atoms with E-state index >= 15 is 0 Å². The van der Waals surface area contributed by atoms with E-state index in [-0.39, 0.29) is 5.91 Å². The second-order valence-corrected chi connectivity index (χ2v) is 5.57. The van der Waals surface area contributed by atoms with Crippen LogP contribution in [0, 0.1) is 0 Å². The summed E-state index contributed by atoms with van der Waals surface area (Å²) in [5.41, 5.74) is 2.27. The Balaban J connectivity index is 1.70. The van der Waals surface area contributed by atoms with Crippen molar-refractivity contribution in [3.05, 3.63) is 72.7 Å². The molecule has 0 aliphatic carbocycles. The van der Waals surface area contributed by atoms with E-state index in [9.17, 15) is 4.79 Å². The first kappa shape index (κ1) is 16.4. The third-order valence-corrected chi connectivity index (χ3v) is 3.50. The smallest absolute Gasteiger partial charge is 0.255 e. The number of hydrogen-bond donors (Lipinski definition) is 1. The Labute approximate surface area is 146 Å². The second-order valence-electron chi connectivity index (χ2n) is 5.57. The van der Waals surface area contributed by atoms with Gasteiger partial charge in [-0.3, -0.25) is 9.78 Å². The molecule has 1 aromatic heterocycles. The van der Waals surface area contributed by atoms with E-state index in [1.54, 1.807) is 48.8 Å². The van der Waals surface area contributed by atoms with Gasteiger partial charge in [-0.05, 0) is 36.4 Å². The van der Waals surface area contributed by atoms with Crippen LogP contribution in [-0.4, -0.2) is 30.0 Å². The first-order valence-electron chi connectivity index (χ1n) is 7.74. The molecule has 0 unspecified atom stereocenters. The SMILES string of the molecule is CN(C)c1ccc(C(=O)Nc2cccc(Oc3cnccn3)c2)cc1. The Kier molecular flexibility index (Phi) is 4.89. The van der Waals surface area contributed by atoms with Crippen molar-refractivity contribution >= 4 is 17.3 Å². The summed E-state index contributed by atoms with van der Waals surface area (Å²) in [4.78, 5) is 22.4. The number of rotatable bonds is 5. The van der Waals surface area contributed by atoms with E-state index in [0.29, 0.717) is 22.9 Å². The number of hydrogen-bond acceptors (Lipinski definition) is 5. The highest BCUT2D eigenvalue weighted by molar-refractivity contribution is 6.04. The van der Waals surface area contributed by atoms with E-state index in [2.05, 4.69) is 15.3 Å². The van der Waals surface area contributed by atoms with E-state index < -0.39 is 0 Å². The molecule has 1 heterocycles. The Morgan fingerprint density at radius 3 is 2.56 bits per heavy atom. The summed E-state index contributed by atoms with van der Waals surface area (Å²) >= 11 is 0. The molecule has 6 nitrogen and oxygen atoms in total. The highest BCUT2D eigenvalue weighted by Crippen LogP contribution is 2.22. The molecule has 1 N–H and O–H groups in total. The molecule has 25 heavy (non-hydrogen) atoms. The van der Waals surface area contributed by atoms with Gasteiger partial charge in [0, 0.05) is 49.5 Å². The number of amides is 1. The molecule has 3 aromatic rings. The van der Waals surface area contributed by atoms with Crippen molar-refractivity contribution < 1.29 is 9.53 Å². The van der Waals surface area contributed by atoms with Crippen molar-refractivity contribution in [2.24, 2.45) is 0 Å². The molecule has 0 radical (unpaired) electrons. The lowest BCUT2D eigenvalue weighted by molar-refractivity contribution is 0.102. The summed E-state index contributed by atoms with van der Waals surface area (Å²) in [5, 5.41) is 2.86. The lowest BCUT2D eigenvalue weighted by Gasteiger charge is -2.13. The van der Waals surface area contributed by atoms with Crippen molar-refractivity contribution in [2.75, 3.05) is 24.3 Å². The van der Waals surface area contributed by atoms with Gasteiger partial charge in [-0.1, -0.05) is 6.07 Å². The Morgan fingerprint density at radius 1 is 1.08 bits per heavy atom. The number of nitrogens with zero attached hydrogens (tertiary/aromatic N) is 3. The van der Waals surface area contributed by atoms with E-state index in [1.165, 1.54) is 6.20 Å². The predicted octanol–water partition coefficient (Wildman–Crippen LogP) is 3.59. The van der Waals surface area contributed by atoms with Gasteiger partial charge in [-0.2, -0.15) is 0 Å². The van der Waals surface area contributed by atoms with E-state index in [0.717, 1.165) is 5.69 Å². The minimum atomic E-state index is -0.179. The summed E-state index contributed by atoms with van der Waals surface area (Å²) < 4.78 is 5.62. The van der Waals surface area contributed by atoms with Gasteiger partial charge in [0.1, 0.15) is 5.75 Å². The Hall–Kier alpha value is -3.41. The summed E-state index contributed by atoms with van der Waals surface area (Å²) in [7, 11) is 3.91. The van der Waals surface area contributed by atoms with Crippen molar-refractivity contribution in [3.8, 4) is 11.6 Å². The number of carbonyl (C=O) groups is 1. The fraction of sp³-hybridized carbons (Fsp3) is 0.105. The molecule has 0 saturated heterocycles. The molecule has 0 fully saturated rings. The highest BCUT2D eigenvalue weighted by Gasteiger charge is 2.08. The average molecular weight is 334 g/mol. The largest absolute Gasteiger partial charge is 0.437 e. The number of nitrogens with one attached hydrogen (secondary N) is 1. The number of anilines is 2. The lowest BCUT2D eigenvalue weighted by Crippen LogP contribution is -2.13. The molecule has 0 aliphatic rings. The van der Waals surface area contributed by atoms with Crippen molar-refractivity contribution in [2.45, 2.75) is 0 Å². The number of carbonyl (C=O) groups excluding carboxylic acids is 1. The lowest BCUT2D eigenvalue weighted by atomic mass is 10.2. The molecular formula is C19H18N4O2. The van der Waals surface area contributed by atoms with Gasteiger partial charge in [-0.15, -0.1) is 0 Å². The molecule has 2 aromatic carbocycles. The Morgan fingerprint density at radius 2 is 1.88 bits per heavy atom. The highest BCUT2D eigenvalue weighted by atomic mass is 16.5. The number of benzene rings is 2. The second kappa shape index (κ2) is 7.44. The fourth-order valence-electron chi connectivity index (χ4n) is 2.21. The molecule has 0 atom stereocenters. The monoisotopic (exact) mass is 334 g/mol. The number of aromatic nitrogens is 2. The minimum Gasteiger partial charge on any atom is -0.437 e. The zero-order valence-corrected chi connectivity index (χ0v) is 14.0. The van der Waals surface area contributed by atoms with Crippen LogP contribution in [0.1, 0.15) is 10.4 Å². The zero-order valence-electron chi connectivity index (χ0n) is 14.0. The van der Waals surface area contributed by atoms with Gasteiger partial charge in [0.2, 0.25) is 5.88 Å². The topological polar surface area (TPSA) is 67.4 Å². The van der Waals surface area contributed by atoms with Crippen LogP contribution in [0.3, 0.4) is 0 Å². The molecule has 0 bridgehead atoms. The number of ether oxygens (including phenoxy) is 1. The maximum atomic E-state index is 12.4. The summed E-state index contributed by atoms with van der Waals surface area (Å²) in [6.45, 7) is 0. The summed E-state index contributed by atoms with van der Waals surface area (Å²) in [6, 6.07) is 14.5. The molecule has 0 spiro atoms. The van der Waals surface area contributed by atoms with Crippen LogP contribution in [0.5, 0.6) is 11.6 Å². The molecule has 0 saturated carbocycles. The molecule has 6 heteroatoms. The molecule has 0 aliphatic heterocycles. The van der Waals surface area contributed by atoms with Crippen LogP contribution in [-0.2, 0) is 0 Å². The quantitative estimate of drug-likeness (QED) is 0.772. The normalized spacial score (nSPS) is 10.2. The van der Waals surface area contributed by atoms with E-state index in [4.69, 9.17) is 4.74 Å². The van der Waals surface area contributed by atoms with Crippen molar-refractivity contribution in [1.82, 2.24) is 9.97 Å². The van der Waals surface area contributed by atoms with Gasteiger partial charge >= 0.3 is 0 Å². The van der Waals surface area contributed by atoms with Crippen molar-refractivity contribution in [1.29, 1.82) is 0 Å². The molecule has 3 rings (SSSR count).